The Balaban J connectivity index is 1.77. The molecule has 2 aromatic carbocycles. The van der Waals surface area contributed by atoms with Gasteiger partial charge in [0.25, 0.3) is 5.91 Å². The van der Waals surface area contributed by atoms with Crippen LogP contribution in [0.1, 0.15) is 43.6 Å². The normalized spacial score (nSPS) is 22.2. The third-order valence-corrected chi connectivity index (χ3v) is 5.78. The van der Waals surface area contributed by atoms with Gasteiger partial charge in [0, 0.05) is 28.5 Å². The molecule has 1 fully saturated rings. The summed E-state index contributed by atoms with van der Waals surface area (Å²) in [6.45, 7) is 8.35. The van der Waals surface area contributed by atoms with Crippen LogP contribution in [0, 0.1) is 22.2 Å². The Labute approximate surface area is 165 Å². The molecule has 27 heavy (non-hydrogen) atoms. The lowest BCUT2D eigenvalue weighted by molar-refractivity contribution is -0.164. The number of hydrogen-bond donors (Lipinski definition) is 1. The van der Waals surface area contributed by atoms with Crippen LogP contribution in [0.2, 0.25) is 5.02 Å². The summed E-state index contributed by atoms with van der Waals surface area (Å²) in [5.74, 6) is 0.541. The van der Waals surface area contributed by atoms with Crippen molar-refractivity contribution in [3.05, 3.63) is 64.7 Å². The first-order chi connectivity index (χ1) is 12.7. The lowest BCUT2D eigenvalue weighted by Gasteiger charge is -2.63. The van der Waals surface area contributed by atoms with Gasteiger partial charge in [0.15, 0.2) is 0 Å². The van der Waals surface area contributed by atoms with Crippen LogP contribution in [-0.4, -0.2) is 18.1 Å². The number of nitrogens with one attached hydrogen (secondary N) is 1. The van der Waals surface area contributed by atoms with Crippen LogP contribution in [0.3, 0.4) is 0 Å². The fourth-order valence-corrected chi connectivity index (χ4v) is 4.61. The van der Waals surface area contributed by atoms with Gasteiger partial charge in [0.2, 0.25) is 0 Å². The van der Waals surface area contributed by atoms with E-state index in [2.05, 4.69) is 33.0 Å². The van der Waals surface area contributed by atoms with Gasteiger partial charge < -0.3 is 10.1 Å². The first-order valence-electron chi connectivity index (χ1n) is 8.90. The van der Waals surface area contributed by atoms with Crippen LogP contribution >= 0.6 is 11.6 Å². The Morgan fingerprint density at radius 2 is 1.74 bits per heavy atom. The van der Waals surface area contributed by atoms with Crippen molar-refractivity contribution in [3.8, 4) is 11.8 Å². The van der Waals surface area contributed by atoms with E-state index in [4.69, 9.17) is 21.6 Å². The minimum Gasteiger partial charge on any atom is -0.489 e. The van der Waals surface area contributed by atoms with E-state index in [0.717, 1.165) is 0 Å². The molecule has 1 N–H and O–H groups in total. The van der Waals surface area contributed by atoms with Crippen LogP contribution < -0.4 is 10.1 Å². The van der Waals surface area contributed by atoms with E-state index >= 15 is 0 Å². The molecular formula is C22H23ClN2O2. The molecular weight excluding hydrogens is 360 g/mol. The van der Waals surface area contributed by atoms with Gasteiger partial charge in [-0.1, -0.05) is 57.5 Å². The van der Waals surface area contributed by atoms with Crippen molar-refractivity contribution in [3.63, 3.8) is 0 Å². The van der Waals surface area contributed by atoms with Crippen LogP contribution in [0.25, 0.3) is 0 Å². The number of halogens is 1. The average molecular weight is 383 g/mol. The number of carbonyl (C=O) groups is 1. The molecule has 1 aliphatic rings. The second-order valence-corrected chi connectivity index (χ2v) is 8.57. The van der Waals surface area contributed by atoms with Crippen LogP contribution in [-0.2, 0) is 0 Å². The molecule has 0 radical (unpaired) electrons. The zero-order valence-electron chi connectivity index (χ0n) is 15.9. The smallest absolute Gasteiger partial charge is 0.251 e. The number of hydrogen-bond acceptors (Lipinski definition) is 3. The Morgan fingerprint density at radius 1 is 1.11 bits per heavy atom. The fourth-order valence-electron chi connectivity index (χ4n) is 4.40. The maximum Gasteiger partial charge on any atom is 0.251 e. The monoisotopic (exact) mass is 382 g/mol. The van der Waals surface area contributed by atoms with Gasteiger partial charge in [0.1, 0.15) is 17.9 Å². The highest BCUT2D eigenvalue weighted by Crippen LogP contribution is 2.55. The number of nitrogens with zero attached hydrogens (tertiary/aromatic N) is 1. The van der Waals surface area contributed by atoms with Gasteiger partial charge in [-0.25, -0.2) is 0 Å². The molecule has 0 unspecified atom stereocenters. The molecule has 140 valence electrons. The SMILES string of the molecule is CC1(C)C(NC(=O)c2ccccc2)C(C)(C)C1Oc1ccc(C#N)c(Cl)c1. The van der Waals surface area contributed by atoms with Gasteiger partial charge >= 0.3 is 0 Å². The van der Waals surface area contributed by atoms with Crippen LogP contribution in [0.15, 0.2) is 48.5 Å². The zero-order valence-corrected chi connectivity index (χ0v) is 16.7. The number of benzene rings is 2. The van der Waals surface area contributed by atoms with Crippen molar-refractivity contribution in [2.75, 3.05) is 0 Å². The average Bonchev–Trinajstić information content (AvgIpc) is 2.64. The lowest BCUT2D eigenvalue weighted by atomic mass is 9.49. The Hall–Kier alpha value is -2.51. The molecule has 0 aromatic heterocycles. The highest BCUT2D eigenvalue weighted by atomic mass is 35.5. The van der Waals surface area contributed by atoms with Crippen molar-refractivity contribution in [1.29, 1.82) is 5.26 Å². The lowest BCUT2D eigenvalue weighted by Crippen LogP contribution is -2.74. The van der Waals surface area contributed by atoms with Crippen molar-refractivity contribution in [2.24, 2.45) is 10.8 Å². The summed E-state index contributed by atoms with van der Waals surface area (Å²) >= 11 is 6.12. The molecule has 1 aliphatic carbocycles. The third-order valence-electron chi connectivity index (χ3n) is 5.47. The van der Waals surface area contributed by atoms with Gasteiger partial charge in [-0.2, -0.15) is 5.26 Å². The quantitative estimate of drug-likeness (QED) is 0.824. The first kappa shape index (κ1) is 19.3. The van der Waals surface area contributed by atoms with E-state index in [1.54, 1.807) is 30.3 Å². The molecule has 1 saturated carbocycles. The maximum atomic E-state index is 12.6. The highest BCUT2D eigenvalue weighted by Gasteiger charge is 2.64. The topological polar surface area (TPSA) is 62.1 Å². The molecule has 4 nitrogen and oxygen atoms in total. The largest absolute Gasteiger partial charge is 0.489 e. The summed E-state index contributed by atoms with van der Waals surface area (Å²) in [5.41, 5.74) is 0.527. The van der Waals surface area contributed by atoms with Gasteiger partial charge in [0.05, 0.1) is 10.6 Å². The van der Waals surface area contributed by atoms with E-state index in [0.29, 0.717) is 21.9 Å². The number of rotatable bonds is 4. The molecule has 0 aliphatic heterocycles. The van der Waals surface area contributed by atoms with Gasteiger partial charge in [-0.3, -0.25) is 4.79 Å². The van der Waals surface area contributed by atoms with Crippen molar-refractivity contribution in [2.45, 2.75) is 39.8 Å². The number of nitriles is 1. The summed E-state index contributed by atoms with van der Waals surface area (Å²) in [6.07, 6.45) is -0.116. The molecule has 0 heterocycles. The predicted octanol–water partition coefficient (Wildman–Crippen LogP) is 4.82. The molecule has 5 heteroatoms. The van der Waals surface area contributed by atoms with E-state index in [-0.39, 0.29) is 28.9 Å². The number of ether oxygens (including phenoxy) is 1. The summed E-state index contributed by atoms with van der Waals surface area (Å²) in [7, 11) is 0. The summed E-state index contributed by atoms with van der Waals surface area (Å²) < 4.78 is 6.23. The standard InChI is InChI=1S/C22H23ClN2O2/c1-21(2)19(25-18(26)14-8-6-5-7-9-14)22(3,4)20(21)27-16-11-10-15(13-24)17(23)12-16/h5-12,19-20H,1-4H3,(H,25,26). The Kier molecular flexibility index (Phi) is 4.92. The van der Waals surface area contributed by atoms with E-state index in [9.17, 15) is 4.79 Å². The minimum absolute atomic E-state index is 0.0449. The van der Waals surface area contributed by atoms with Gasteiger partial charge in [-0.05, 0) is 24.3 Å². The minimum atomic E-state index is -0.270. The number of carbonyl (C=O) groups excluding carboxylic acids is 1. The number of amides is 1. The zero-order chi connectivity index (χ0) is 19.8. The Morgan fingerprint density at radius 3 is 2.30 bits per heavy atom. The van der Waals surface area contributed by atoms with Gasteiger partial charge in [-0.15, -0.1) is 0 Å². The maximum absolute atomic E-state index is 12.6. The van der Waals surface area contributed by atoms with Crippen LogP contribution in [0.5, 0.6) is 5.75 Å². The van der Waals surface area contributed by atoms with Crippen LogP contribution in [0.4, 0.5) is 0 Å². The fraction of sp³-hybridized carbons (Fsp3) is 0.364. The van der Waals surface area contributed by atoms with Crippen molar-refractivity contribution >= 4 is 17.5 Å². The van der Waals surface area contributed by atoms with E-state index < -0.39 is 0 Å². The predicted molar refractivity (Wildman–Crippen MR) is 106 cm³/mol. The van der Waals surface area contributed by atoms with Crippen molar-refractivity contribution in [1.82, 2.24) is 5.32 Å². The third kappa shape index (κ3) is 3.40. The molecule has 0 spiro atoms. The molecule has 0 bridgehead atoms. The molecule has 3 rings (SSSR count). The molecule has 0 saturated heterocycles. The van der Waals surface area contributed by atoms with E-state index in [1.807, 2.05) is 24.3 Å². The second kappa shape index (κ2) is 6.90. The van der Waals surface area contributed by atoms with E-state index in [1.165, 1.54) is 0 Å². The Bertz CT molecular complexity index is 884. The summed E-state index contributed by atoms with van der Waals surface area (Å²) in [5, 5.41) is 12.6. The molecule has 1 amide bonds. The summed E-state index contributed by atoms with van der Waals surface area (Å²) in [4.78, 5) is 12.6. The first-order valence-corrected chi connectivity index (χ1v) is 9.28. The highest BCUT2D eigenvalue weighted by molar-refractivity contribution is 6.31. The van der Waals surface area contributed by atoms with Crippen molar-refractivity contribution < 1.29 is 9.53 Å². The molecule has 0 atom stereocenters. The summed E-state index contributed by atoms with van der Waals surface area (Å²) in [6, 6.07) is 16.3. The second-order valence-electron chi connectivity index (χ2n) is 8.17. The molecule has 2 aromatic rings.